The summed E-state index contributed by atoms with van der Waals surface area (Å²) in [7, 11) is 3.17. The molecular weight excluding hydrogens is 445 g/mol. The number of carbonyl (C=O) groups excluding carboxylic acids is 1. The molecule has 0 aliphatic carbocycles. The van der Waals surface area contributed by atoms with Crippen LogP contribution in [-0.2, 0) is 4.79 Å². The van der Waals surface area contributed by atoms with Crippen LogP contribution in [0.1, 0.15) is 54.8 Å². The minimum Gasteiger partial charge on any atom is -0.494 e. The summed E-state index contributed by atoms with van der Waals surface area (Å²) in [5.41, 5.74) is 4.89. The molecule has 2 aliphatic heterocycles. The first-order valence-electron chi connectivity index (χ1n) is 12.7. The van der Waals surface area contributed by atoms with Gasteiger partial charge in [-0.05, 0) is 74.4 Å². The highest BCUT2D eigenvalue weighted by atomic mass is 19.1. The molecule has 2 heterocycles. The Labute approximate surface area is 208 Å². The molecule has 0 spiro atoms. The van der Waals surface area contributed by atoms with Crippen LogP contribution in [0.3, 0.4) is 0 Å². The van der Waals surface area contributed by atoms with Crippen molar-refractivity contribution in [1.29, 1.82) is 0 Å². The number of nitrogens with one attached hydrogen (secondary N) is 1. The van der Waals surface area contributed by atoms with E-state index in [0.29, 0.717) is 37.3 Å². The van der Waals surface area contributed by atoms with Crippen molar-refractivity contribution in [1.82, 2.24) is 10.2 Å². The minimum absolute atomic E-state index is 0.0439. The molecule has 35 heavy (non-hydrogen) atoms. The lowest BCUT2D eigenvalue weighted by Crippen LogP contribution is -2.56. The van der Waals surface area contributed by atoms with Gasteiger partial charge in [-0.1, -0.05) is 6.07 Å². The summed E-state index contributed by atoms with van der Waals surface area (Å²) in [4.78, 5) is 16.5. The van der Waals surface area contributed by atoms with Crippen LogP contribution in [0.15, 0.2) is 30.3 Å². The molecule has 2 aromatic rings. The monoisotopic (exact) mass is 483 g/mol. The Balaban J connectivity index is 1.44. The highest BCUT2D eigenvalue weighted by molar-refractivity contribution is 5.75. The summed E-state index contributed by atoms with van der Waals surface area (Å²) in [5.74, 6) is 0.929. The molecule has 6 nitrogen and oxygen atoms in total. The number of ether oxygens (including phenoxy) is 2. The van der Waals surface area contributed by atoms with Gasteiger partial charge in [0.05, 0.1) is 13.7 Å². The van der Waals surface area contributed by atoms with Crippen molar-refractivity contribution in [3.05, 3.63) is 52.8 Å². The molecule has 0 radical (unpaired) electrons. The molecule has 2 saturated heterocycles. The quantitative estimate of drug-likeness (QED) is 0.548. The van der Waals surface area contributed by atoms with Gasteiger partial charge < -0.3 is 19.7 Å². The van der Waals surface area contributed by atoms with Crippen molar-refractivity contribution >= 4 is 11.6 Å². The van der Waals surface area contributed by atoms with Gasteiger partial charge in [-0.25, -0.2) is 4.39 Å². The first kappa shape index (κ1) is 25.3. The summed E-state index contributed by atoms with van der Waals surface area (Å²) in [5, 5.41) is 2.65. The topological polar surface area (TPSA) is 54.0 Å². The van der Waals surface area contributed by atoms with E-state index in [-0.39, 0.29) is 11.7 Å². The van der Waals surface area contributed by atoms with Crippen molar-refractivity contribution in [2.45, 2.75) is 58.0 Å². The third kappa shape index (κ3) is 5.56. The fraction of sp³-hybridized carbons (Fsp3) is 0.536. The number of nitrogens with zero attached hydrogens (tertiary/aromatic N) is 2. The number of rotatable bonds is 8. The number of benzene rings is 2. The highest BCUT2D eigenvalue weighted by Gasteiger charge is 2.36. The zero-order valence-corrected chi connectivity index (χ0v) is 21.4. The number of carbonyl (C=O) groups is 1. The SMILES string of the molecule is CNC(=O)CCCOc1ccc([C@H]2CCC[C@H]3CN(c4ccc(F)c(OC)c4)CCN32)c(C)c1C. The predicted molar refractivity (Wildman–Crippen MR) is 137 cm³/mol. The molecule has 2 atom stereocenters. The average Bonchev–Trinajstić information content (AvgIpc) is 2.88. The molecule has 0 unspecified atom stereocenters. The van der Waals surface area contributed by atoms with Gasteiger partial charge in [0.15, 0.2) is 11.6 Å². The first-order valence-corrected chi connectivity index (χ1v) is 12.7. The second kappa shape index (κ2) is 11.3. The van der Waals surface area contributed by atoms with Crippen LogP contribution >= 0.6 is 0 Å². The standard InChI is InChI=1S/C28H38FN3O3/c1-19-20(2)26(35-16-6-9-28(33)30-3)13-11-23(19)25-8-5-7-22-18-31(14-15-32(22)25)21-10-12-24(29)27(17-21)34-4/h10-13,17,22,25H,5-9,14-16,18H2,1-4H3,(H,30,33)/t22-,25+/m0/s1. The van der Waals surface area contributed by atoms with Gasteiger partial charge in [0, 0.05) is 56.9 Å². The van der Waals surface area contributed by atoms with Crippen molar-refractivity contribution in [3.63, 3.8) is 0 Å². The Bertz CT molecular complexity index is 1040. The maximum Gasteiger partial charge on any atom is 0.219 e. The van der Waals surface area contributed by atoms with Crippen LogP contribution in [0.4, 0.5) is 10.1 Å². The van der Waals surface area contributed by atoms with Crippen LogP contribution in [0.2, 0.25) is 0 Å². The minimum atomic E-state index is -0.322. The molecular formula is C28H38FN3O3. The lowest BCUT2D eigenvalue weighted by molar-refractivity contribution is -0.120. The van der Waals surface area contributed by atoms with Gasteiger partial charge in [0.1, 0.15) is 5.75 Å². The van der Waals surface area contributed by atoms with Crippen molar-refractivity contribution < 1.29 is 18.7 Å². The fourth-order valence-corrected chi connectivity index (χ4v) is 5.54. The van der Waals surface area contributed by atoms with Gasteiger partial charge >= 0.3 is 0 Å². The summed E-state index contributed by atoms with van der Waals surface area (Å²) in [6.45, 7) is 7.70. The van der Waals surface area contributed by atoms with E-state index in [1.54, 1.807) is 7.05 Å². The lowest BCUT2D eigenvalue weighted by Gasteiger charge is -2.49. The third-order valence-corrected chi connectivity index (χ3v) is 7.67. The summed E-state index contributed by atoms with van der Waals surface area (Å²) >= 11 is 0. The number of fused-ring (bicyclic) bond motifs is 1. The fourth-order valence-electron chi connectivity index (χ4n) is 5.54. The van der Waals surface area contributed by atoms with Crippen molar-refractivity contribution in [3.8, 4) is 11.5 Å². The number of hydrogen-bond acceptors (Lipinski definition) is 5. The number of halogens is 1. The average molecular weight is 484 g/mol. The smallest absolute Gasteiger partial charge is 0.219 e. The summed E-state index contributed by atoms with van der Waals surface area (Å²) < 4.78 is 25.1. The zero-order chi connectivity index (χ0) is 24.9. The molecule has 0 saturated carbocycles. The Kier molecular flexibility index (Phi) is 8.16. The summed E-state index contributed by atoms with van der Waals surface area (Å²) in [6, 6.07) is 10.4. The maximum absolute atomic E-state index is 13.9. The Morgan fingerprint density at radius 3 is 2.71 bits per heavy atom. The highest BCUT2D eigenvalue weighted by Crippen LogP contribution is 2.40. The van der Waals surface area contributed by atoms with Gasteiger partial charge in [-0.3, -0.25) is 9.69 Å². The van der Waals surface area contributed by atoms with Gasteiger partial charge in [0.25, 0.3) is 0 Å². The van der Waals surface area contributed by atoms with E-state index in [1.807, 2.05) is 12.1 Å². The second-order valence-electron chi connectivity index (χ2n) is 9.63. The van der Waals surface area contributed by atoms with Crippen molar-refractivity contribution in [2.24, 2.45) is 0 Å². The number of piperazine rings is 1. The number of piperidine rings is 1. The van der Waals surface area contributed by atoms with Gasteiger partial charge in [-0.2, -0.15) is 0 Å². The van der Waals surface area contributed by atoms with Crippen LogP contribution in [-0.4, -0.2) is 57.2 Å². The first-order chi connectivity index (χ1) is 16.9. The maximum atomic E-state index is 13.9. The van der Waals surface area contributed by atoms with E-state index < -0.39 is 0 Å². The zero-order valence-electron chi connectivity index (χ0n) is 21.4. The van der Waals surface area contributed by atoms with Crippen LogP contribution in [0, 0.1) is 19.7 Å². The van der Waals surface area contributed by atoms with E-state index in [1.165, 1.54) is 42.7 Å². The molecule has 7 heteroatoms. The van der Waals surface area contributed by atoms with E-state index in [4.69, 9.17) is 9.47 Å². The Hall–Kier alpha value is -2.80. The number of methoxy groups -OCH3 is 1. The number of hydrogen-bond donors (Lipinski definition) is 1. The molecule has 2 aromatic carbocycles. The molecule has 190 valence electrons. The van der Waals surface area contributed by atoms with Gasteiger partial charge in [0.2, 0.25) is 5.91 Å². The Morgan fingerprint density at radius 1 is 1.11 bits per heavy atom. The molecule has 1 amide bonds. The normalized spacial score (nSPS) is 20.3. The van der Waals surface area contributed by atoms with E-state index in [9.17, 15) is 9.18 Å². The second-order valence-corrected chi connectivity index (χ2v) is 9.63. The number of amides is 1. The lowest BCUT2D eigenvalue weighted by atomic mass is 9.86. The largest absolute Gasteiger partial charge is 0.494 e. The van der Waals surface area contributed by atoms with E-state index >= 15 is 0 Å². The Morgan fingerprint density at radius 2 is 1.94 bits per heavy atom. The van der Waals surface area contributed by atoms with E-state index in [0.717, 1.165) is 37.5 Å². The predicted octanol–water partition coefficient (Wildman–Crippen LogP) is 4.77. The molecule has 2 fully saturated rings. The summed E-state index contributed by atoms with van der Waals surface area (Å²) in [6.07, 6.45) is 4.72. The van der Waals surface area contributed by atoms with Crippen LogP contribution in [0.25, 0.3) is 0 Å². The molecule has 1 N–H and O–H groups in total. The number of anilines is 1. The molecule has 0 aromatic heterocycles. The molecule has 2 aliphatic rings. The molecule has 0 bridgehead atoms. The molecule has 4 rings (SSSR count). The van der Waals surface area contributed by atoms with Crippen LogP contribution < -0.4 is 19.7 Å². The third-order valence-electron chi connectivity index (χ3n) is 7.67. The van der Waals surface area contributed by atoms with E-state index in [2.05, 4.69) is 41.1 Å². The van der Waals surface area contributed by atoms with Gasteiger partial charge in [-0.15, -0.1) is 0 Å². The van der Waals surface area contributed by atoms with Crippen LogP contribution in [0.5, 0.6) is 11.5 Å². The van der Waals surface area contributed by atoms with Crippen molar-refractivity contribution in [2.75, 3.05) is 45.3 Å².